The van der Waals surface area contributed by atoms with Crippen molar-refractivity contribution < 1.29 is 4.79 Å². The van der Waals surface area contributed by atoms with Crippen LogP contribution in [0.15, 0.2) is 52.8 Å². The number of amides is 1. The van der Waals surface area contributed by atoms with Crippen molar-refractivity contribution in [2.24, 2.45) is 0 Å². The number of aromatic nitrogens is 2. The summed E-state index contributed by atoms with van der Waals surface area (Å²) < 4.78 is 0. The molecule has 0 unspecified atom stereocenters. The standard InChI is InChI=1S/C17H15N3OS2/c1-12(19-16(21)5-4-13-6-8-22-10-13)17-20-15(11-23-17)14-3-2-7-18-9-14/h2-12H,1H3,(H,19,21)/b5-4-/t12-/m0/s1. The highest BCUT2D eigenvalue weighted by Crippen LogP contribution is 2.24. The van der Waals surface area contributed by atoms with Crippen molar-refractivity contribution in [3.63, 3.8) is 0 Å². The van der Waals surface area contributed by atoms with Crippen LogP contribution in [-0.2, 0) is 4.79 Å². The van der Waals surface area contributed by atoms with Crippen LogP contribution in [0.2, 0.25) is 0 Å². The van der Waals surface area contributed by atoms with Crippen LogP contribution in [0.3, 0.4) is 0 Å². The molecule has 3 aromatic heterocycles. The van der Waals surface area contributed by atoms with Gasteiger partial charge in [-0.15, -0.1) is 11.3 Å². The first kappa shape index (κ1) is 15.6. The number of hydrogen-bond donors (Lipinski definition) is 1. The first-order valence-corrected chi connectivity index (χ1v) is 8.91. The number of nitrogens with zero attached hydrogens (tertiary/aromatic N) is 2. The van der Waals surface area contributed by atoms with E-state index in [9.17, 15) is 4.79 Å². The predicted molar refractivity (Wildman–Crippen MR) is 95.3 cm³/mol. The maximum absolute atomic E-state index is 12.0. The Bertz CT molecular complexity index is 794. The monoisotopic (exact) mass is 341 g/mol. The summed E-state index contributed by atoms with van der Waals surface area (Å²) in [7, 11) is 0. The molecule has 4 nitrogen and oxygen atoms in total. The minimum absolute atomic E-state index is 0.123. The third kappa shape index (κ3) is 4.12. The lowest BCUT2D eigenvalue weighted by atomic mass is 10.2. The summed E-state index contributed by atoms with van der Waals surface area (Å²) in [6.45, 7) is 1.93. The predicted octanol–water partition coefficient (Wildman–Crippen LogP) is 4.16. The van der Waals surface area contributed by atoms with Crippen molar-refractivity contribution in [1.82, 2.24) is 15.3 Å². The van der Waals surface area contributed by atoms with Crippen LogP contribution in [0.1, 0.15) is 23.5 Å². The van der Waals surface area contributed by atoms with Crippen LogP contribution in [0.25, 0.3) is 17.3 Å². The fourth-order valence-electron chi connectivity index (χ4n) is 2.00. The molecule has 0 bridgehead atoms. The van der Waals surface area contributed by atoms with Crippen LogP contribution in [-0.4, -0.2) is 15.9 Å². The zero-order valence-electron chi connectivity index (χ0n) is 12.5. The molecule has 1 amide bonds. The van der Waals surface area contributed by atoms with Crippen LogP contribution in [0, 0.1) is 0 Å². The number of carbonyl (C=O) groups is 1. The van der Waals surface area contributed by atoms with Gasteiger partial charge in [-0.2, -0.15) is 11.3 Å². The van der Waals surface area contributed by atoms with E-state index in [1.807, 2.05) is 47.3 Å². The van der Waals surface area contributed by atoms with Gasteiger partial charge in [0.1, 0.15) is 5.01 Å². The van der Waals surface area contributed by atoms with Gasteiger partial charge in [-0.25, -0.2) is 4.98 Å². The highest BCUT2D eigenvalue weighted by Gasteiger charge is 2.13. The smallest absolute Gasteiger partial charge is 0.244 e. The summed E-state index contributed by atoms with van der Waals surface area (Å²) in [5, 5.41) is 9.77. The Hall–Kier alpha value is -2.31. The Labute approximate surface area is 142 Å². The molecule has 0 radical (unpaired) electrons. The maximum atomic E-state index is 12.0. The average molecular weight is 341 g/mol. The first-order chi connectivity index (χ1) is 11.2. The lowest BCUT2D eigenvalue weighted by Crippen LogP contribution is -2.24. The molecule has 6 heteroatoms. The SMILES string of the molecule is C[C@H](NC(=O)/C=C\c1ccsc1)c1nc(-c2cccnc2)cs1. The molecule has 3 heterocycles. The van der Waals surface area contributed by atoms with Gasteiger partial charge in [0.2, 0.25) is 5.91 Å². The molecule has 1 atom stereocenters. The molecule has 0 saturated carbocycles. The van der Waals surface area contributed by atoms with Crippen LogP contribution < -0.4 is 5.32 Å². The molecule has 3 aromatic rings. The molecular weight excluding hydrogens is 326 g/mol. The van der Waals surface area contributed by atoms with Gasteiger partial charge in [0, 0.05) is 29.4 Å². The van der Waals surface area contributed by atoms with Gasteiger partial charge in [0.25, 0.3) is 0 Å². The molecular formula is C17H15N3OS2. The first-order valence-electron chi connectivity index (χ1n) is 7.09. The third-order valence-electron chi connectivity index (χ3n) is 3.18. The zero-order chi connectivity index (χ0) is 16.1. The number of carbonyl (C=O) groups excluding carboxylic acids is 1. The van der Waals surface area contributed by atoms with Crippen molar-refractivity contribution in [2.45, 2.75) is 13.0 Å². The Morgan fingerprint density at radius 2 is 2.26 bits per heavy atom. The van der Waals surface area contributed by atoms with Gasteiger partial charge in [-0.1, -0.05) is 0 Å². The van der Waals surface area contributed by atoms with E-state index in [-0.39, 0.29) is 11.9 Å². The molecule has 116 valence electrons. The number of nitrogens with one attached hydrogen (secondary N) is 1. The van der Waals surface area contributed by atoms with E-state index in [0.29, 0.717) is 0 Å². The van der Waals surface area contributed by atoms with Gasteiger partial charge < -0.3 is 5.32 Å². The summed E-state index contributed by atoms with van der Waals surface area (Å²) in [4.78, 5) is 20.7. The minimum Gasteiger partial charge on any atom is -0.344 e. The molecule has 0 aliphatic carbocycles. The number of rotatable bonds is 5. The Kier molecular flexibility index (Phi) is 4.95. The number of hydrogen-bond acceptors (Lipinski definition) is 5. The third-order valence-corrected chi connectivity index (χ3v) is 4.91. The average Bonchev–Trinajstić information content (AvgIpc) is 3.25. The molecule has 0 spiro atoms. The van der Waals surface area contributed by atoms with Gasteiger partial charge in [-0.05, 0) is 47.5 Å². The largest absolute Gasteiger partial charge is 0.344 e. The Morgan fingerprint density at radius 3 is 3.00 bits per heavy atom. The number of pyridine rings is 1. The van der Waals surface area contributed by atoms with E-state index in [0.717, 1.165) is 21.8 Å². The fourth-order valence-corrected chi connectivity index (χ4v) is 3.46. The van der Waals surface area contributed by atoms with E-state index >= 15 is 0 Å². The molecule has 3 rings (SSSR count). The molecule has 0 aromatic carbocycles. The van der Waals surface area contributed by atoms with Gasteiger partial charge in [0.15, 0.2) is 0 Å². The van der Waals surface area contributed by atoms with Gasteiger partial charge >= 0.3 is 0 Å². The summed E-state index contributed by atoms with van der Waals surface area (Å²) in [5.74, 6) is -0.123. The van der Waals surface area contributed by atoms with Crippen molar-refractivity contribution in [3.05, 3.63) is 63.4 Å². The second kappa shape index (κ2) is 7.30. The number of thiazole rings is 1. The van der Waals surface area contributed by atoms with Crippen molar-refractivity contribution >= 4 is 34.7 Å². The van der Waals surface area contributed by atoms with Crippen LogP contribution in [0.4, 0.5) is 0 Å². The summed E-state index contributed by atoms with van der Waals surface area (Å²) in [6, 6.07) is 5.69. The van der Waals surface area contributed by atoms with Crippen LogP contribution in [0.5, 0.6) is 0 Å². The number of thiophene rings is 1. The van der Waals surface area contributed by atoms with E-state index in [2.05, 4.69) is 15.3 Å². The topological polar surface area (TPSA) is 54.9 Å². The minimum atomic E-state index is -0.134. The second-order valence-corrected chi connectivity index (χ2v) is 6.60. The second-order valence-electron chi connectivity index (χ2n) is 4.93. The zero-order valence-corrected chi connectivity index (χ0v) is 14.1. The van der Waals surface area contributed by atoms with Crippen molar-refractivity contribution in [1.29, 1.82) is 0 Å². The van der Waals surface area contributed by atoms with E-state index in [1.54, 1.807) is 29.8 Å². The maximum Gasteiger partial charge on any atom is 0.244 e. The Balaban J connectivity index is 1.63. The summed E-state index contributed by atoms with van der Waals surface area (Å²) >= 11 is 3.14. The highest BCUT2D eigenvalue weighted by atomic mass is 32.1. The quantitative estimate of drug-likeness (QED) is 0.709. The Morgan fingerprint density at radius 1 is 1.35 bits per heavy atom. The molecule has 0 saturated heterocycles. The van der Waals surface area contributed by atoms with E-state index in [4.69, 9.17) is 0 Å². The van der Waals surface area contributed by atoms with Gasteiger partial charge in [-0.3, -0.25) is 9.78 Å². The molecule has 0 aliphatic rings. The van der Waals surface area contributed by atoms with E-state index in [1.165, 1.54) is 11.3 Å². The highest BCUT2D eigenvalue weighted by molar-refractivity contribution is 7.10. The lowest BCUT2D eigenvalue weighted by Gasteiger charge is -2.08. The summed E-state index contributed by atoms with van der Waals surface area (Å²) in [6.07, 6.45) is 6.88. The molecule has 23 heavy (non-hydrogen) atoms. The van der Waals surface area contributed by atoms with Crippen molar-refractivity contribution in [3.8, 4) is 11.3 Å². The molecule has 1 N–H and O–H groups in total. The molecule has 0 aliphatic heterocycles. The van der Waals surface area contributed by atoms with Crippen molar-refractivity contribution in [2.75, 3.05) is 0 Å². The van der Waals surface area contributed by atoms with Crippen LogP contribution >= 0.6 is 22.7 Å². The molecule has 0 fully saturated rings. The summed E-state index contributed by atoms with van der Waals surface area (Å²) in [5.41, 5.74) is 2.89. The fraction of sp³-hybridized carbons (Fsp3) is 0.118. The van der Waals surface area contributed by atoms with Gasteiger partial charge in [0.05, 0.1) is 11.7 Å². The normalized spacial score (nSPS) is 12.4. The lowest BCUT2D eigenvalue weighted by molar-refractivity contribution is -0.117. The van der Waals surface area contributed by atoms with E-state index < -0.39 is 0 Å².